The summed E-state index contributed by atoms with van der Waals surface area (Å²) < 4.78 is 18.3. The van der Waals surface area contributed by atoms with Gasteiger partial charge in [-0.3, -0.25) is 0 Å². The van der Waals surface area contributed by atoms with Gasteiger partial charge in [-0.1, -0.05) is 31.1 Å². The second kappa shape index (κ2) is 5.56. The van der Waals surface area contributed by atoms with Crippen LogP contribution in [0.5, 0.6) is 0 Å². The SMILES string of the molecule is CC1(C)CCCNC1c1nc(Cc2ccc(F)cc2)no1. The molecule has 1 aromatic heterocycles. The number of rotatable bonds is 3. The molecule has 1 unspecified atom stereocenters. The zero-order chi connectivity index (χ0) is 14.9. The Balaban J connectivity index is 1.75. The van der Waals surface area contributed by atoms with Gasteiger partial charge in [-0.2, -0.15) is 4.98 Å². The molecule has 1 aliphatic rings. The van der Waals surface area contributed by atoms with Crippen LogP contribution in [0.4, 0.5) is 4.39 Å². The number of benzene rings is 1. The van der Waals surface area contributed by atoms with Gasteiger partial charge in [-0.25, -0.2) is 4.39 Å². The zero-order valence-corrected chi connectivity index (χ0v) is 12.4. The Labute approximate surface area is 123 Å². The normalized spacial score (nSPS) is 21.4. The molecule has 2 aromatic rings. The van der Waals surface area contributed by atoms with Crippen LogP contribution in [0.15, 0.2) is 28.8 Å². The zero-order valence-electron chi connectivity index (χ0n) is 12.4. The van der Waals surface area contributed by atoms with Gasteiger partial charge in [0.25, 0.3) is 0 Å². The number of hydrogen-bond donors (Lipinski definition) is 1. The predicted octanol–water partition coefficient (Wildman–Crippen LogP) is 3.25. The number of nitrogens with zero attached hydrogens (tertiary/aromatic N) is 2. The van der Waals surface area contributed by atoms with Crippen LogP contribution in [0.1, 0.15) is 50.0 Å². The molecule has 1 aromatic carbocycles. The van der Waals surface area contributed by atoms with Crippen molar-refractivity contribution in [3.8, 4) is 0 Å². The lowest BCUT2D eigenvalue weighted by Crippen LogP contribution is -2.39. The molecular weight excluding hydrogens is 269 g/mol. The Hall–Kier alpha value is -1.75. The predicted molar refractivity (Wildman–Crippen MR) is 77.3 cm³/mol. The van der Waals surface area contributed by atoms with Crippen molar-refractivity contribution >= 4 is 0 Å². The van der Waals surface area contributed by atoms with Crippen LogP contribution >= 0.6 is 0 Å². The molecular formula is C16H20FN3O. The molecule has 1 saturated heterocycles. The molecule has 1 atom stereocenters. The highest BCUT2D eigenvalue weighted by molar-refractivity contribution is 5.19. The van der Waals surface area contributed by atoms with Crippen molar-refractivity contribution in [2.24, 2.45) is 5.41 Å². The highest BCUT2D eigenvalue weighted by Crippen LogP contribution is 2.39. The van der Waals surface area contributed by atoms with Crippen LogP contribution in [-0.2, 0) is 6.42 Å². The maximum absolute atomic E-state index is 12.9. The fraction of sp³-hybridized carbons (Fsp3) is 0.500. The maximum atomic E-state index is 12.9. The highest BCUT2D eigenvalue weighted by atomic mass is 19.1. The van der Waals surface area contributed by atoms with Crippen LogP contribution in [0.3, 0.4) is 0 Å². The van der Waals surface area contributed by atoms with Gasteiger partial charge < -0.3 is 9.84 Å². The molecule has 0 aliphatic carbocycles. The molecule has 0 amide bonds. The van der Waals surface area contributed by atoms with Crippen molar-refractivity contribution in [3.05, 3.63) is 47.4 Å². The van der Waals surface area contributed by atoms with E-state index in [1.54, 1.807) is 12.1 Å². The topological polar surface area (TPSA) is 51.0 Å². The number of piperidine rings is 1. The Morgan fingerprint density at radius 2 is 2.10 bits per heavy atom. The fourth-order valence-electron chi connectivity index (χ4n) is 2.87. The van der Waals surface area contributed by atoms with Crippen molar-refractivity contribution in [2.75, 3.05) is 6.54 Å². The molecule has 4 nitrogen and oxygen atoms in total. The molecule has 5 heteroatoms. The van der Waals surface area contributed by atoms with E-state index < -0.39 is 0 Å². The van der Waals surface area contributed by atoms with Crippen LogP contribution in [0.25, 0.3) is 0 Å². The maximum Gasteiger partial charge on any atom is 0.244 e. The van der Waals surface area contributed by atoms with E-state index in [0.29, 0.717) is 18.1 Å². The van der Waals surface area contributed by atoms with Crippen molar-refractivity contribution in [1.29, 1.82) is 0 Å². The second-order valence-corrected chi connectivity index (χ2v) is 6.33. The van der Waals surface area contributed by atoms with E-state index in [-0.39, 0.29) is 17.3 Å². The van der Waals surface area contributed by atoms with Crippen LogP contribution in [0, 0.1) is 11.2 Å². The third kappa shape index (κ3) is 3.13. The molecule has 3 rings (SSSR count). The van der Waals surface area contributed by atoms with Crippen molar-refractivity contribution in [3.63, 3.8) is 0 Å². The Morgan fingerprint density at radius 1 is 1.33 bits per heavy atom. The van der Waals surface area contributed by atoms with E-state index >= 15 is 0 Å². The van der Waals surface area contributed by atoms with Crippen LogP contribution < -0.4 is 5.32 Å². The van der Waals surface area contributed by atoms with Crippen molar-refractivity contribution in [2.45, 2.75) is 39.2 Å². The number of nitrogens with one attached hydrogen (secondary N) is 1. The van der Waals surface area contributed by atoms with E-state index in [0.717, 1.165) is 18.5 Å². The lowest BCUT2D eigenvalue weighted by Gasteiger charge is -2.36. The van der Waals surface area contributed by atoms with Gasteiger partial charge in [0.1, 0.15) is 5.82 Å². The summed E-state index contributed by atoms with van der Waals surface area (Å²) in [6.07, 6.45) is 2.86. The number of halogens is 1. The van der Waals surface area contributed by atoms with Gasteiger partial charge in [0.15, 0.2) is 5.82 Å². The standard InChI is InChI=1S/C16H20FN3O/c1-16(2)8-3-9-18-14(16)15-19-13(20-21-15)10-11-4-6-12(17)7-5-11/h4-7,14,18H,3,8-10H2,1-2H3. The number of aromatic nitrogens is 2. The van der Waals surface area contributed by atoms with Gasteiger partial charge in [0, 0.05) is 6.42 Å². The van der Waals surface area contributed by atoms with E-state index in [2.05, 4.69) is 29.3 Å². The molecule has 1 fully saturated rings. The molecule has 0 spiro atoms. The fourth-order valence-corrected chi connectivity index (χ4v) is 2.87. The first kappa shape index (κ1) is 14.2. The molecule has 0 radical (unpaired) electrons. The lowest BCUT2D eigenvalue weighted by molar-refractivity contribution is 0.146. The first-order valence-electron chi connectivity index (χ1n) is 7.35. The highest BCUT2D eigenvalue weighted by Gasteiger charge is 2.36. The molecule has 1 N–H and O–H groups in total. The van der Waals surface area contributed by atoms with E-state index in [1.807, 2.05) is 0 Å². The Kier molecular flexibility index (Phi) is 3.76. The molecule has 1 aliphatic heterocycles. The monoisotopic (exact) mass is 289 g/mol. The van der Waals surface area contributed by atoms with Crippen LogP contribution in [0.2, 0.25) is 0 Å². The van der Waals surface area contributed by atoms with Crippen LogP contribution in [-0.4, -0.2) is 16.7 Å². The minimum Gasteiger partial charge on any atom is -0.338 e. The van der Waals surface area contributed by atoms with E-state index in [4.69, 9.17) is 4.52 Å². The summed E-state index contributed by atoms with van der Waals surface area (Å²) in [4.78, 5) is 4.51. The van der Waals surface area contributed by atoms with Gasteiger partial charge in [0.05, 0.1) is 6.04 Å². The minimum absolute atomic E-state index is 0.0979. The minimum atomic E-state index is -0.235. The van der Waals surface area contributed by atoms with Crippen molar-refractivity contribution < 1.29 is 8.91 Å². The molecule has 112 valence electrons. The largest absolute Gasteiger partial charge is 0.338 e. The summed E-state index contributed by atoms with van der Waals surface area (Å²) in [5.74, 6) is 1.05. The summed E-state index contributed by atoms with van der Waals surface area (Å²) in [5.41, 5.74) is 1.08. The van der Waals surface area contributed by atoms with Gasteiger partial charge in [-0.05, 0) is 42.5 Å². The van der Waals surface area contributed by atoms with E-state index in [9.17, 15) is 4.39 Å². The van der Waals surface area contributed by atoms with Crippen molar-refractivity contribution in [1.82, 2.24) is 15.5 Å². The summed E-state index contributed by atoms with van der Waals surface area (Å²) in [6, 6.07) is 6.48. The van der Waals surface area contributed by atoms with Gasteiger partial charge in [0.2, 0.25) is 5.89 Å². The van der Waals surface area contributed by atoms with Gasteiger partial charge in [-0.15, -0.1) is 0 Å². The quantitative estimate of drug-likeness (QED) is 0.942. The Morgan fingerprint density at radius 3 is 2.81 bits per heavy atom. The molecule has 2 heterocycles. The van der Waals surface area contributed by atoms with E-state index in [1.165, 1.54) is 18.6 Å². The first-order valence-corrected chi connectivity index (χ1v) is 7.35. The summed E-state index contributed by atoms with van der Waals surface area (Å²) >= 11 is 0. The third-order valence-corrected chi connectivity index (χ3v) is 4.13. The summed E-state index contributed by atoms with van der Waals surface area (Å²) in [6.45, 7) is 5.41. The summed E-state index contributed by atoms with van der Waals surface area (Å²) in [5, 5.41) is 7.52. The smallest absolute Gasteiger partial charge is 0.244 e. The second-order valence-electron chi connectivity index (χ2n) is 6.33. The molecule has 21 heavy (non-hydrogen) atoms. The average molecular weight is 289 g/mol. The molecule has 0 saturated carbocycles. The Bertz CT molecular complexity index is 606. The third-order valence-electron chi connectivity index (χ3n) is 4.13. The first-order chi connectivity index (χ1) is 10.0. The van der Waals surface area contributed by atoms with Gasteiger partial charge >= 0.3 is 0 Å². The summed E-state index contributed by atoms with van der Waals surface area (Å²) in [7, 11) is 0. The lowest BCUT2D eigenvalue weighted by atomic mass is 9.77. The molecule has 0 bridgehead atoms. The number of hydrogen-bond acceptors (Lipinski definition) is 4. The average Bonchev–Trinajstić information content (AvgIpc) is 2.89.